The highest BCUT2D eigenvalue weighted by molar-refractivity contribution is 8.15. The second-order valence-electron chi connectivity index (χ2n) is 4.59. The Kier molecular flexibility index (Phi) is 3.97. The van der Waals surface area contributed by atoms with Crippen molar-refractivity contribution in [3.63, 3.8) is 0 Å². The molecule has 0 unspecified atom stereocenters. The van der Waals surface area contributed by atoms with Crippen LogP contribution in [0, 0.1) is 0 Å². The molecule has 1 aliphatic heterocycles. The molecular weight excluding hydrogens is 304 g/mol. The van der Waals surface area contributed by atoms with Gasteiger partial charge in [0.05, 0.1) is 29.8 Å². The van der Waals surface area contributed by atoms with Crippen molar-refractivity contribution in [3.05, 3.63) is 54.0 Å². The molecule has 112 valence electrons. The number of carboxylic acids is 1. The van der Waals surface area contributed by atoms with Crippen LogP contribution < -0.4 is 0 Å². The highest BCUT2D eigenvalue weighted by Gasteiger charge is 2.28. The summed E-state index contributed by atoms with van der Waals surface area (Å²) in [5, 5.41) is 9.46. The molecule has 1 aromatic heterocycles. The summed E-state index contributed by atoms with van der Waals surface area (Å²) in [6, 6.07) is 9.77. The van der Waals surface area contributed by atoms with Crippen LogP contribution in [-0.2, 0) is 11.3 Å². The van der Waals surface area contributed by atoms with E-state index in [0.29, 0.717) is 28.9 Å². The number of benzene rings is 1. The summed E-state index contributed by atoms with van der Waals surface area (Å²) >= 11 is 1.35. The second-order valence-corrected chi connectivity index (χ2v) is 5.54. The first-order valence-corrected chi connectivity index (χ1v) is 7.49. The van der Waals surface area contributed by atoms with Crippen molar-refractivity contribution in [2.75, 3.05) is 5.75 Å². The summed E-state index contributed by atoms with van der Waals surface area (Å²) in [5.41, 5.74) is 0.804. The fraction of sp³-hybridized carbons (Fsp3) is 0.133. The third-order valence-electron chi connectivity index (χ3n) is 3.09. The molecule has 2 aromatic rings. The predicted octanol–water partition coefficient (Wildman–Crippen LogP) is 2.74. The van der Waals surface area contributed by atoms with Crippen LogP contribution in [0.3, 0.4) is 0 Å². The lowest BCUT2D eigenvalue weighted by atomic mass is 10.2. The maximum atomic E-state index is 11.9. The Balaban J connectivity index is 1.82. The summed E-state index contributed by atoms with van der Waals surface area (Å²) in [6.07, 6.45) is 1.56. The molecular formula is C15H12N2O4S. The van der Waals surface area contributed by atoms with E-state index in [2.05, 4.69) is 4.99 Å². The van der Waals surface area contributed by atoms with Gasteiger partial charge in [0.1, 0.15) is 5.76 Å². The average molecular weight is 316 g/mol. The van der Waals surface area contributed by atoms with Gasteiger partial charge >= 0.3 is 5.97 Å². The van der Waals surface area contributed by atoms with Gasteiger partial charge in [-0.15, -0.1) is 0 Å². The largest absolute Gasteiger partial charge is 0.478 e. The standard InChI is InChI=1S/C15H12N2O4S/c18-13-9-22-15(17(13)8-12-2-1-7-21-12)16-11-5-3-10(4-6-11)14(19)20/h1-7H,8-9H2,(H,19,20). The van der Waals surface area contributed by atoms with E-state index in [1.807, 2.05) is 0 Å². The van der Waals surface area contributed by atoms with Crippen molar-refractivity contribution >= 4 is 34.5 Å². The Morgan fingerprint density at radius 1 is 1.32 bits per heavy atom. The SMILES string of the molecule is O=C(O)c1ccc(N=C2SCC(=O)N2Cc2ccco2)cc1. The van der Waals surface area contributed by atoms with Gasteiger partial charge in [-0.2, -0.15) is 0 Å². The van der Waals surface area contributed by atoms with E-state index in [-0.39, 0.29) is 11.5 Å². The number of amidine groups is 1. The lowest BCUT2D eigenvalue weighted by Gasteiger charge is -2.14. The van der Waals surface area contributed by atoms with E-state index >= 15 is 0 Å². The van der Waals surface area contributed by atoms with E-state index in [4.69, 9.17) is 9.52 Å². The Labute approximate surface area is 130 Å². The quantitative estimate of drug-likeness (QED) is 0.937. The third kappa shape index (κ3) is 3.04. The first-order valence-electron chi connectivity index (χ1n) is 6.51. The average Bonchev–Trinajstić information content (AvgIpc) is 3.13. The minimum atomic E-state index is -0.982. The lowest BCUT2D eigenvalue weighted by Crippen LogP contribution is -2.28. The number of carbonyl (C=O) groups is 2. The van der Waals surface area contributed by atoms with Crippen LogP contribution >= 0.6 is 11.8 Å². The smallest absolute Gasteiger partial charge is 0.335 e. The number of furan rings is 1. The number of carbonyl (C=O) groups excluding carboxylic acids is 1. The summed E-state index contributed by atoms with van der Waals surface area (Å²) in [7, 11) is 0. The molecule has 6 nitrogen and oxygen atoms in total. The van der Waals surface area contributed by atoms with Crippen molar-refractivity contribution in [3.8, 4) is 0 Å². The summed E-state index contributed by atoms with van der Waals surface area (Å²) in [4.78, 5) is 28.8. The highest BCUT2D eigenvalue weighted by atomic mass is 32.2. The number of carboxylic acid groups (broad SMARTS) is 1. The number of hydrogen-bond donors (Lipinski definition) is 1. The molecule has 1 amide bonds. The van der Waals surface area contributed by atoms with Gasteiger partial charge in [-0.25, -0.2) is 9.79 Å². The maximum Gasteiger partial charge on any atom is 0.335 e. The molecule has 1 N–H and O–H groups in total. The lowest BCUT2D eigenvalue weighted by molar-refractivity contribution is -0.124. The van der Waals surface area contributed by atoms with Crippen LogP contribution in [-0.4, -0.2) is 32.8 Å². The fourth-order valence-corrected chi connectivity index (χ4v) is 2.89. The molecule has 0 saturated carbocycles. The van der Waals surface area contributed by atoms with Crippen molar-refractivity contribution in [2.45, 2.75) is 6.54 Å². The van der Waals surface area contributed by atoms with Crippen LogP contribution in [0.25, 0.3) is 0 Å². The number of nitrogens with zero attached hydrogens (tertiary/aromatic N) is 2. The number of amides is 1. The molecule has 22 heavy (non-hydrogen) atoms. The van der Waals surface area contributed by atoms with E-state index in [1.165, 1.54) is 23.9 Å². The molecule has 1 aliphatic rings. The van der Waals surface area contributed by atoms with E-state index < -0.39 is 5.97 Å². The van der Waals surface area contributed by atoms with E-state index in [1.54, 1.807) is 35.4 Å². The molecule has 1 saturated heterocycles. The molecule has 0 aliphatic carbocycles. The monoisotopic (exact) mass is 316 g/mol. The van der Waals surface area contributed by atoms with Gasteiger partial charge in [0, 0.05) is 0 Å². The van der Waals surface area contributed by atoms with Crippen molar-refractivity contribution < 1.29 is 19.1 Å². The number of thioether (sulfide) groups is 1. The van der Waals surface area contributed by atoms with Crippen LogP contribution in [0.1, 0.15) is 16.1 Å². The number of aromatic carboxylic acids is 1. The second kappa shape index (κ2) is 6.07. The predicted molar refractivity (Wildman–Crippen MR) is 82.2 cm³/mol. The topological polar surface area (TPSA) is 83.1 Å². The van der Waals surface area contributed by atoms with Crippen LogP contribution in [0.5, 0.6) is 0 Å². The zero-order valence-electron chi connectivity index (χ0n) is 11.4. The third-order valence-corrected chi connectivity index (χ3v) is 4.05. The molecule has 0 radical (unpaired) electrons. The van der Waals surface area contributed by atoms with Gasteiger partial charge in [0.15, 0.2) is 5.17 Å². The number of aliphatic imine (C=N–C) groups is 1. The molecule has 0 atom stereocenters. The zero-order chi connectivity index (χ0) is 15.5. The Morgan fingerprint density at radius 3 is 2.73 bits per heavy atom. The molecule has 1 aromatic carbocycles. The van der Waals surface area contributed by atoms with Gasteiger partial charge in [0.25, 0.3) is 0 Å². The fourth-order valence-electron chi connectivity index (χ4n) is 1.98. The van der Waals surface area contributed by atoms with Gasteiger partial charge in [-0.3, -0.25) is 9.69 Å². The van der Waals surface area contributed by atoms with Crippen molar-refractivity contribution in [2.24, 2.45) is 4.99 Å². The minimum absolute atomic E-state index is 0.0256. The first-order chi connectivity index (χ1) is 10.6. The Morgan fingerprint density at radius 2 is 2.09 bits per heavy atom. The van der Waals surface area contributed by atoms with E-state index in [0.717, 1.165) is 0 Å². The number of hydrogen-bond acceptors (Lipinski definition) is 5. The highest BCUT2D eigenvalue weighted by Crippen LogP contribution is 2.25. The summed E-state index contributed by atoms with van der Waals surface area (Å²) < 4.78 is 5.26. The van der Waals surface area contributed by atoms with Gasteiger partial charge in [-0.05, 0) is 36.4 Å². The number of rotatable bonds is 4. The van der Waals surface area contributed by atoms with Crippen LogP contribution in [0.15, 0.2) is 52.1 Å². The van der Waals surface area contributed by atoms with E-state index in [9.17, 15) is 9.59 Å². The molecule has 0 bridgehead atoms. The maximum absolute atomic E-state index is 11.9. The van der Waals surface area contributed by atoms with Gasteiger partial charge in [0.2, 0.25) is 5.91 Å². The van der Waals surface area contributed by atoms with Crippen LogP contribution in [0.2, 0.25) is 0 Å². The van der Waals surface area contributed by atoms with Crippen molar-refractivity contribution in [1.29, 1.82) is 0 Å². The van der Waals surface area contributed by atoms with Crippen LogP contribution in [0.4, 0.5) is 5.69 Å². The summed E-state index contributed by atoms with van der Waals surface area (Å²) in [5.74, 6) is 0.0170. The molecule has 3 rings (SSSR count). The molecule has 7 heteroatoms. The zero-order valence-corrected chi connectivity index (χ0v) is 12.2. The summed E-state index contributed by atoms with van der Waals surface area (Å²) in [6.45, 7) is 0.338. The Bertz CT molecular complexity index is 723. The first kappa shape index (κ1) is 14.4. The minimum Gasteiger partial charge on any atom is -0.478 e. The Hall–Kier alpha value is -2.54. The molecule has 1 fully saturated rings. The normalized spacial score (nSPS) is 16.5. The molecule has 0 spiro atoms. The van der Waals surface area contributed by atoms with Crippen molar-refractivity contribution in [1.82, 2.24) is 4.90 Å². The van der Waals surface area contributed by atoms with Gasteiger partial charge in [-0.1, -0.05) is 11.8 Å². The molecule has 2 heterocycles. The van der Waals surface area contributed by atoms with Gasteiger partial charge < -0.3 is 9.52 Å².